The van der Waals surface area contributed by atoms with Crippen molar-refractivity contribution in [3.05, 3.63) is 59.1 Å². The van der Waals surface area contributed by atoms with Crippen LogP contribution in [0.25, 0.3) is 0 Å². The number of nitrogens with one attached hydrogen (secondary N) is 1. The molecule has 2 aromatic rings. The summed E-state index contributed by atoms with van der Waals surface area (Å²) in [5, 5.41) is 2.81. The summed E-state index contributed by atoms with van der Waals surface area (Å²) in [6.45, 7) is 0.352. The van der Waals surface area contributed by atoms with E-state index >= 15 is 0 Å². The number of benzene rings is 2. The first-order chi connectivity index (χ1) is 11.5. The second-order valence-electron chi connectivity index (χ2n) is 5.56. The van der Waals surface area contributed by atoms with Crippen LogP contribution < -0.4 is 5.32 Å². The van der Waals surface area contributed by atoms with Crippen molar-refractivity contribution in [2.45, 2.75) is 23.8 Å². The molecule has 0 saturated carbocycles. The summed E-state index contributed by atoms with van der Waals surface area (Å²) < 4.78 is 27.7. The van der Waals surface area contributed by atoms with Gasteiger partial charge in [0.15, 0.2) is 0 Å². The Bertz CT molecular complexity index is 840. The molecule has 1 amide bonds. The van der Waals surface area contributed by atoms with E-state index in [4.69, 9.17) is 0 Å². The highest BCUT2D eigenvalue weighted by atomic mass is 79.9. The molecule has 1 fully saturated rings. The Hall–Kier alpha value is -1.70. The van der Waals surface area contributed by atoms with Crippen LogP contribution >= 0.6 is 15.9 Å². The Balaban J connectivity index is 1.83. The van der Waals surface area contributed by atoms with E-state index in [-0.39, 0.29) is 10.8 Å². The summed E-state index contributed by atoms with van der Waals surface area (Å²) in [5.41, 5.74) is 0.631. The molecule has 24 heavy (non-hydrogen) atoms. The molecule has 1 aliphatic heterocycles. The number of nitrogens with zero attached hydrogens (tertiary/aromatic N) is 1. The molecule has 3 rings (SSSR count). The summed E-state index contributed by atoms with van der Waals surface area (Å²) in [6, 6.07) is 14.8. The second-order valence-corrected chi connectivity index (χ2v) is 8.30. The zero-order valence-corrected chi connectivity index (χ0v) is 15.3. The summed E-state index contributed by atoms with van der Waals surface area (Å²) in [4.78, 5) is 12.8. The monoisotopic (exact) mass is 408 g/mol. The number of carbonyl (C=O) groups excluding carboxylic acids is 1. The normalized spacial score (nSPS) is 18.5. The highest BCUT2D eigenvalue weighted by Crippen LogP contribution is 2.28. The van der Waals surface area contributed by atoms with Gasteiger partial charge in [-0.05, 0) is 53.0 Å². The zero-order chi connectivity index (χ0) is 17.2. The van der Waals surface area contributed by atoms with Crippen molar-refractivity contribution in [1.29, 1.82) is 0 Å². The van der Waals surface area contributed by atoms with E-state index < -0.39 is 16.1 Å². The van der Waals surface area contributed by atoms with Crippen molar-refractivity contribution in [1.82, 2.24) is 4.31 Å². The molecule has 1 N–H and O–H groups in total. The molecule has 0 aromatic heterocycles. The van der Waals surface area contributed by atoms with E-state index in [1.54, 1.807) is 36.4 Å². The largest absolute Gasteiger partial charge is 0.324 e. The number of halogens is 1. The predicted molar refractivity (Wildman–Crippen MR) is 96.1 cm³/mol. The van der Waals surface area contributed by atoms with Crippen LogP contribution in [-0.4, -0.2) is 31.2 Å². The lowest BCUT2D eigenvalue weighted by molar-refractivity contribution is -0.119. The third kappa shape index (κ3) is 3.38. The quantitative estimate of drug-likeness (QED) is 0.843. The fourth-order valence-electron chi connectivity index (χ4n) is 2.80. The number of sulfonamides is 1. The molecule has 1 atom stereocenters. The number of rotatable bonds is 4. The molecule has 126 valence electrons. The van der Waals surface area contributed by atoms with Crippen LogP contribution in [0.2, 0.25) is 0 Å². The van der Waals surface area contributed by atoms with Crippen LogP contribution in [0.3, 0.4) is 0 Å². The van der Waals surface area contributed by atoms with E-state index in [1.807, 2.05) is 18.2 Å². The number of para-hydroxylation sites is 1. The van der Waals surface area contributed by atoms with Crippen molar-refractivity contribution in [3.8, 4) is 0 Å². The lowest BCUT2D eigenvalue weighted by Crippen LogP contribution is -2.43. The molecule has 1 heterocycles. The van der Waals surface area contributed by atoms with Crippen LogP contribution in [0.1, 0.15) is 12.8 Å². The van der Waals surface area contributed by atoms with Crippen molar-refractivity contribution >= 4 is 37.5 Å². The van der Waals surface area contributed by atoms with Gasteiger partial charge in [0.05, 0.1) is 10.6 Å². The van der Waals surface area contributed by atoms with Crippen LogP contribution in [0, 0.1) is 0 Å². The lowest BCUT2D eigenvalue weighted by Gasteiger charge is -2.23. The second kappa shape index (κ2) is 7.04. The topological polar surface area (TPSA) is 66.5 Å². The number of carbonyl (C=O) groups is 1. The Morgan fingerprint density at radius 3 is 2.46 bits per heavy atom. The first-order valence-electron chi connectivity index (χ1n) is 7.62. The van der Waals surface area contributed by atoms with Crippen LogP contribution in [-0.2, 0) is 14.8 Å². The molecule has 0 unspecified atom stereocenters. The Morgan fingerprint density at radius 2 is 1.75 bits per heavy atom. The summed E-state index contributed by atoms with van der Waals surface area (Å²) in [6.07, 6.45) is 1.18. The maximum Gasteiger partial charge on any atom is 0.243 e. The fraction of sp³-hybridized carbons (Fsp3) is 0.235. The smallest absolute Gasteiger partial charge is 0.243 e. The summed E-state index contributed by atoms with van der Waals surface area (Å²) in [7, 11) is -3.67. The number of anilines is 1. The fourth-order valence-corrected chi connectivity index (χ4v) is 4.86. The van der Waals surface area contributed by atoms with Crippen LogP contribution in [0.4, 0.5) is 5.69 Å². The molecule has 7 heteroatoms. The standard InChI is InChI=1S/C17H17BrN2O3S/c18-14-9-4-5-10-15(14)19-17(21)16-11-6-12-20(16)24(22,23)13-7-2-1-3-8-13/h1-5,7-10,16H,6,11-12H2,(H,19,21)/t16-/m1/s1. The highest BCUT2D eigenvalue weighted by molar-refractivity contribution is 9.10. The van der Waals surface area contributed by atoms with Gasteiger partial charge in [-0.2, -0.15) is 4.31 Å². The third-order valence-electron chi connectivity index (χ3n) is 3.99. The Labute approximate surface area is 149 Å². The maximum atomic E-state index is 12.8. The first-order valence-corrected chi connectivity index (χ1v) is 9.86. The predicted octanol–water partition coefficient (Wildman–Crippen LogP) is 3.24. The van der Waals surface area contributed by atoms with Gasteiger partial charge in [-0.25, -0.2) is 8.42 Å². The molecule has 0 bridgehead atoms. The highest BCUT2D eigenvalue weighted by Gasteiger charge is 2.39. The number of hydrogen-bond acceptors (Lipinski definition) is 3. The van der Waals surface area contributed by atoms with E-state index in [1.165, 1.54) is 4.31 Å². The molecule has 0 radical (unpaired) electrons. The van der Waals surface area contributed by atoms with Crippen LogP contribution in [0.15, 0.2) is 64.0 Å². The SMILES string of the molecule is O=C(Nc1ccccc1Br)[C@H]1CCCN1S(=O)(=O)c1ccccc1. The van der Waals surface area contributed by atoms with Gasteiger partial charge in [-0.15, -0.1) is 0 Å². The van der Waals surface area contributed by atoms with Gasteiger partial charge in [0.1, 0.15) is 6.04 Å². The van der Waals surface area contributed by atoms with Gasteiger partial charge < -0.3 is 5.32 Å². The molecular weight excluding hydrogens is 392 g/mol. The van der Waals surface area contributed by atoms with Gasteiger partial charge in [0, 0.05) is 11.0 Å². The van der Waals surface area contributed by atoms with Crippen molar-refractivity contribution in [3.63, 3.8) is 0 Å². The minimum Gasteiger partial charge on any atom is -0.324 e. The van der Waals surface area contributed by atoms with Crippen molar-refractivity contribution < 1.29 is 13.2 Å². The summed E-state index contributed by atoms with van der Waals surface area (Å²) in [5.74, 6) is -0.307. The minimum absolute atomic E-state index is 0.214. The van der Waals surface area contributed by atoms with Crippen molar-refractivity contribution in [2.75, 3.05) is 11.9 Å². The lowest BCUT2D eigenvalue weighted by atomic mass is 10.2. The molecule has 5 nitrogen and oxygen atoms in total. The zero-order valence-electron chi connectivity index (χ0n) is 12.9. The maximum absolute atomic E-state index is 12.8. The van der Waals surface area contributed by atoms with E-state index in [9.17, 15) is 13.2 Å². The van der Waals surface area contributed by atoms with Gasteiger partial charge in [0.25, 0.3) is 0 Å². The molecule has 1 aliphatic rings. The molecule has 0 aliphatic carbocycles. The molecular formula is C17H17BrN2O3S. The van der Waals surface area contributed by atoms with Crippen LogP contribution in [0.5, 0.6) is 0 Å². The molecule has 1 saturated heterocycles. The van der Waals surface area contributed by atoms with Gasteiger partial charge in [-0.1, -0.05) is 30.3 Å². The molecule has 0 spiro atoms. The van der Waals surface area contributed by atoms with E-state index in [0.717, 1.165) is 4.47 Å². The average molecular weight is 409 g/mol. The van der Waals surface area contributed by atoms with Gasteiger partial charge in [0.2, 0.25) is 15.9 Å². The van der Waals surface area contributed by atoms with Crippen molar-refractivity contribution in [2.24, 2.45) is 0 Å². The number of amides is 1. The molecule has 2 aromatic carbocycles. The average Bonchev–Trinajstić information content (AvgIpc) is 3.08. The van der Waals surface area contributed by atoms with E-state index in [2.05, 4.69) is 21.2 Å². The Kier molecular flexibility index (Phi) is 5.03. The van der Waals surface area contributed by atoms with Gasteiger partial charge in [-0.3, -0.25) is 4.79 Å². The first kappa shape index (κ1) is 17.1. The van der Waals surface area contributed by atoms with Gasteiger partial charge >= 0.3 is 0 Å². The number of hydrogen-bond donors (Lipinski definition) is 1. The summed E-state index contributed by atoms with van der Waals surface area (Å²) >= 11 is 3.38. The van der Waals surface area contributed by atoms with E-state index in [0.29, 0.717) is 25.1 Å². The third-order valence-corrected chi connectivity index (χ3v) is 6.60. The Morgan fingerprint density at radius 1 is 1.08 bits per heavy atom. The minimum atomic E-state index is -3.67.